The molecule has 0 N–H and O–H groups in total. The van der Waals surface area contributed by atoms with Crippen molar-refractivity contribution in [3.8, 4) is 0 Å². The van der Waals surface area contributed by atoms with E-state index < -0.39 is 0 Å². The summed E-state index contributed by atoms with van der Waals surface area (Å²) in [5.41, 5.74) is 4.75. The van der Waals surface area contributed by atoms with Gasteiger partial charge in [-0.25, -0.2) is 0 Å². The molecular formula is C13H14O. The molecular weight excluding hydrogens is 172 g/mol. The number of hydrogen-bond acceptors (Lipinski definition) is 1. The van der Waals surface area contributed by atoms with Gasteiger partial charge < -0.3 is 0 Å². The molecule has 1 aromatic rings. The Kier molecular flexibility index (Phi) is 3.90. The van der Waals surface area contributed by atoms with Crippen molar-refractivity contribution in [3.63, 3.8) is 0 Å². The number of rotatable bonds is 4. The topological polar surface area (TPSA) is 17.1 Å². The summed E-state index contributed by atoms with van der Waals surface area (Å²) in [7, 11) is 0. The summed E-state index contributed by atoms with van der Waals surface area (Å²) in [6.07, 6.45) is 1.00. The second-order valence-corrected chi connectivity index (χ2v) is 3.09. The van der Waals surface area contributed by atoms with Crippen LogP contribution in [0.5, 0.6) is 0 Å². The molecule has 1 nitrogen and oxygen atoms in total. The summed E-state index contributed by atoms with van der Waals surface area (Å²) in [5.74, 6) is 0.222. The Hall–Kier alpha value is -1.59. The largest absolute Gasteiger partial charge is 0.299 e. The fourth-order valence-electron chi connectivity index (χ4n) is 1.23. The Labute approximate surface area is 84.8 Å². The van der Waals surface area contributed by atoms with E-state index in [0.29, 0.717) is 12.8 Å². The van der Waals surface area contributed by atoms with Crippen LogP contribution in [0.25, 0.3) is 5.57 Å². The second-order valence-electron chi connectivity index (χ2n) is 3.09. The van der Waals surface area contributed by atoms with E-state index in [9.17, 15) is 4.79 Å². The van der Waals surface area contributed by atoms with E-state index in [4.69, 9.17) is 0 Å². The smallest absolute Gasteiger partial charge is 0.137 e. The number of allylic oxidation sites excluding steroid dienone is 1. The van der Waals surface area contributed by atoms with E-state index >= 15 is 0 Å². The lowest BCUT2D eigenvalue weighted by molar-refractivity contribution is -0.117. The molecule has 0 unspecified atom stereocenters. The highest BCUT2D eigenvalue weighted by molar-refractivity contribution is 5.89. The third-order valence-electron chi connectivity index (χ3n) is 2.10. The number of ketones is 1. The third-order valence-corrected chi connectivity index (χ3v) is 2.10. The summed E-state index contributed by atoms with van der Waals surface area (Å²) < 4.78 is 0. The van der Waals surface area contributed by atoms with Crippen LogP contribution < -0.4 is 0 Å². The van der Waals surface area contributed by atoms with Gasteiger partial charge in [0.15, 0.2) is 0 Å². The van der Waals surface area contributed by atoms with Crippen LogP contribution in [0.1, 0.15) is 25.3 Å². The van der Waals surface area contributed by atoms with Crippen molar-refractivity contribution < 1.29 is 4.79 Å². The lowest BCUT2D eigenvalue weighted by Gasteiger charge is -2.02. The second kappa shape index (κ2) is 5.21. The number of carbonyl (C=O) groups excluding carboxylic acids is 1. The molecule has 0 atom stereocenters. The fourth-order valence-corrected chi connectivity index (χ4v) is 1.23. The van der Waals surface area contributed by atoms with Crippen LogP contribution in [0.4, 0.5) is 0 Å². The molecule has 0 saturated heterocycles. The first-order valence-electron chi connectivity index (χ1n) is 4.74. The lowest BCUT2D eigenvalue weighted by Crippen LogP contribution is -1.96. The maximum absolute atomic E-state index is 11.3. The minimum atomic E-state index is 0.222. The van der Waals surface area contributed by atoms with Gasteiger partial charge in [-0.05, 0) is 5.56 Å². The Morgan fingerprint density at radius 3 is 2.50 bits per heavy atom. The Morgan fingerprint density at radius 2 is 2.00 bits per heavy atom. The quantitative estimate of drug-likeness (QED) is 0.660. The zero-order chi connectivity index (χ0) is 10.4. The molecule has 1 rings (SSSR count). The van der Waals surface area contributed by atoms with Crippen molar-refractivity contribution in [3.05, 3.63) is 48.2 Å². The maximum Gasteiger partial charge on any atom is 0.137 e. The molecule has 1 aromatic carbocycles. The molecule has 0 aliphatic rings. The van der Waals surface area contributed by atoms with Crippen molar-refractivity contribution in [1.82, 2.24) is 0 Å². The normalized spacial score (nSPS) is 9.21. The van der Waals surface area contributed by atoms with Crippen LogP contribution in [0.2, 0.25) is 0 Å². The molecule has 0 aromatic heterocycles. The van der Waals surface area contributed by atoms with Crippen LogP contribution in [0.3, 0.4) is 0 Å². The van der Waals surface area contributed by atoms with Crippen LogP contribution in [-0.2, 0) is 4.79 Å². The van der Waals surface area contributed by atoms with Crippen LogP contribution in [0.15, 0.2) is 42.6 Å². The molecule has 14 heavy (non-hydrogen) atoms. The molecule has 72 valence electrons. The highest BCUT2D eigenvalue weighted by Crippen LogP contribution is 2.17. The van der Waals surface area contributed by atoms with E-state index in [0.717, 1.165) is 11.1 Å². The Morgan fingerprint density at radius 1 is 1.36 bits per heavy atom. The van der Waals surface area contributed by atoms with Crippen LogP contribution >= 0.6 is 0 Å². The van der Waals surface area contributed by atoms with Gasteiger partial charge in [0.1, 0.15) is 5.78 Å². The van der Waals surface area contributed by atoms with E-state index in [-0.39, 0.29) is 5.78 Å². The third kappa shape index (κ3) is 2.72. The average Bonchev–Trinajstić information content (AvgIpc) is 2.26. The number of carbonyl (C=O) groups is 1. The monoisotopic (exact) mass is 186 g/mol. The SMILES string of the molecule is C=C=C(CC(=O)CC)c1ccccc1. The van der Waals surface area contributed by atoms with E-state index in [1.54, 1.807) is 0 Å². The molecule has 0 saturated carbocycles. The Bertz CT molecular complexity index is 356. The number of hydrogen-bond donors (Lipinski definition) is 0. The molecule has 0 fully saturated rings. The lowest BCUT2D eigenvalue weighted by atomic mass is 10.0. The zero-order valence-electron chi connectivity index (χ0n) is 8.42. The average molecular weight is 186 g/mol. The van der Waals surface area contributed by atoms with Gasteiger partial charge >= 0.3 is 0 Å². The highest BCUT2D eigenvalue weighted by Gasteiger charge is 2.04. The Balaban J connectivity index is 2.85. The summed E-state index contributed by atoms with van der Waals surface area (Å²) >= 11 is 0. The minimum Gasteiger partial charge on any atom is -0.299 e. The van der Waals surface area contributed by atoms with Crippen LogP contribution in [-0.4, -0.2) is 5.78 Å². The van der Waals surface area contributed by atoms with Gasteiger partial charge in [-0.3, -0.25) is 4.79 Å². The van der Waals surface area contributed by atoms with Crippen LogP contribution in [0, 0.1) is 0 Å². The molecule has 0 heterocycles. The molecule has 0 radical (unpaired) electrons. The maximum atomic E-state index is 11.3. The number of Topliss-reactive ketones (excluding diaryl/α,β-unsaturated/α-hetero) is 1. The van der Waals surface area contributed by atoms with Crippen molar-refractivity contribution in [1.29, 1.82) is 0 Å². The molecule has 0 aliphatic heterocycles. The van der Waals surface area contributed by atoms with E-state index in [1.165, 1.54) is 0 Å². The zero-order valence-corrected chi connectivity index (χ0v) is 8.42. The van der Waals surface area contributed by atoms with E-state index in [2.05, 4.69) is 12.3 Å². The van der Waals surface area contributed by atoms with Crippen molar-refractivity contribution >= 4 is 11.4 Å². The first-order chi connectivity index (χ1) is 6.77. The minimum absolute atomic E-state index is 0.222. The molecule has 0 bridgehead atoms. The predicted molar refractivity (Wildman–Crippen MR) is 58.9 cm³/mol. The number of benzene rings is 1. The van der Waals surface area contributed by atoms with Crippen molar-refractivity contribution in [2.45, 2.75) is 19.8 Å². The predicted octanol–water partition coefficient (Wildman–Crippen LogP) is 3.22. The van der Waals surface area contributed by atoms with Gasteiger partial charge in [-0.2, -0.15) is 0 Å². The van der Waals surface area contributed by atoms with Gasteiger partial charge in [0.2, 0.25) is 0 Å². The molecule has 1 heteroatoms. The molecule has 0 aliphatic carbocycles. The van der Waals surface area contributed by atoms with Gasteiger partial charge in [-0.1, -0.05) is 43.8 Å². The summed E-state index contributed by atoms with van der Waals surface area (Å²) in [6.45, 7) is 5.48. The van der Waals surface area contributed by atoms with Gasteiger partial charge in [0.25, 0.3) is 0 Å². The van der Waals surface area contributed by atoms with Gasteiger partial charge in [0, 0.05) is 18.4 Å². The van der Waals surface area contributed by atoms with Gasteiger partial charge in [-0.15, -0.1) is 5.73 Å². The molecule has 0 amide bonds. The first kappa shape index (κ1) is 10.5. The standard InChI is InChI=1S/C13H14O/c1-3-11(10-13(14)4-2)12-8-6-5-7-9-12/h5-9H,1,4,10H2,2H3. The summed E-state index contributed by atoms with van der Waals surface area (Å²) in [6, 6.07) is 9.78. The van der Waals surface area contributed by atoms with Crippen molar-refractivity contribution in [2.24, 2.45) is 0 Å². The first-order valence-corrected chi connectivity index (χ1v) is 4.74. The fraction of sp³-hybridized carbons (Fsp3) is 0.231. The van der Waals surface area contributed by atoms with E-state index in [1.807, 2.05) is 37.3 Å². The van der Waals surface area contributed by atoms with Gasteiger partial charge in [0.05, 0.1) is 0 Å². The highest BCUT2D eigenvalue weighted by atomic mass is 16.1. The summed E-state index contributed by atoms with van der Waals surface area (Å²) in [4.78, 5) is 11.3. The summed E-state index contributed by atoms with van der Waals surface area (Å²) in [5, 5.41) is 0. The van der Waals surface area contributed by atoms with Crippen molar-refractivity contribution in [2.75, 3.05) is 0 Å². The molecule has 0 spiro atoms.